The summed E-state index contributed by atoms with van der Waals surface area (Å²) in [6, 6.07) is 4.78. The normalized spacial score (nSPS) is 24.2. The van der Waals surface area contributed by atoms with Gasteiger partial charge in [-0.15, -0.1) is 5.10 Å². The summed E-state index contributed by atoms with van der Waals surface area (Å²) in [6.07, 6.45) is 2.20. The number of hydrogen-bond acceptors (Lipinski definition) is 9. The van der Waals surface area contributed by atoms with E-state index in [2.05, 4.69) is 39.6 Å². The van der Waals surface area contributed by atoms with Gasteiger partial charge in [-0.2, -0.15) is 9.97 Å². The van der Waals surface area contributed by atoms with Crippen molar-refractivity contribution in [2.24, 2.45) is 11.8 Å². The van der Waals surface area contributed by atoms with Crippen LogP contribution >= 0.6 is 0 Å². The first-order valence-corrected chi connectivity index (χ1v) is 12.4. The fourth-order valence-electron chi connectivity index (χ4n) is 6.11. The van der Waals surface area contributed by atoms with Crippen LogP contribution in [0.4, 0.5) is 38.1 Å². The first-order chi connectivity index (χ1) is 17.2. The van der Waals surface area contributed by atoms with E-state index in [1.54, 1.807) is 13.0 Å². The molecule has 2 aromatic heterocycles. The highest BCUT2D eigenvalue weighted by Crippen LogP contribution is 2.47. The van der Waals surface area contributed by atoms with E-state index in [1.807, 2.05) is 11.9 Å². The molecule has 1 saturated heterocycles. The number of halogens is 2. The maximum Gasteiger partial charge on any atom is 0.318 e. The number of anilines is 5. The van der Waals surface area contributed by atoms with Gasteiger partial charge in [0.15, 0.2) is 11.6 Å². The molecule has 36 heavy (non-hydrogen) atoms. The zero-order valence-electron chi connectivity index (χ0n) is 20.8. The third-order valence-corrected chi connectivity index (χ3v) is 7.74. The number of rotatable bonds is 5. The molecular formula is C25H30F2N8O. The number of nitrogens with one attached hydrogen (secondary N) is 2. The molecule has 1 aliphatic carbocycles. The molecule has 1 aromatic carbocycles. The van der Waals surface area contributed by atoms with E-state index >= 15 is 0 Å². The van der Waals surface area contributed by atoms with E-state index in [1.165, 1.54) is 6.07 Å². The molecule has 4 heterocycles. The van der Waals surface area contributed by atoms with Crippen molar-refractivity contribution < 1.29 is 13.2 Å². The molecule has 0 radical (unpaired) electrons. The van der Waals surface area contributed by atoms with E-state index < -0.39 is 11.6 Å². The Kier molecular flexibility index (Phi) is 5.27. The molecule has 3 aliphatic rings. The van der Waals surface area contributed by atoms with Crippen LogP contribution in [-0.2, 0) is 5.41 Å². The minimum absolute atomic E-state index is 0.221. The highest BCUT2D eigenvalue weighted by molar-refractivity contribution is 5.75. The first-order valence-electron chi connectivity index (χ1n) is 12.4. The second-order valence-corrected chi connectivity index (χ2v) is 10.7. The molecule has 2 bridgehead atoms. The zero-order valence-corrected chi connectivity index (χ0v) is 20.8. The summed E-state index contributed by atoms with van der Waals surface area (Å²) in [5.74, 6) is 1.59. The summed E-state index contributed by atoms with van der Waals surface area (Å²) in [5.41, 5.74) is 1.24. The predicted molar refractivity (Wildman–Crippen MR) is 133 cm³/mol. The lowest BCUT2D eigenvalue weighted by Gasteiger charge is -2.37. The lowest BCUT2D eigenvalue weighted by molar-refractivity contribution is 0.357. The molecule has 2 fully saturated rings. The zero-order chi connectivity index (χ0) is 25.2. The Morgan fingerprint density at radius 1 is 1.06 bits per heavy atom. The molecule has 1 saturated carbocycles. The maximum absolute atomic E-state index is 14.1. The van der Waals surface area contributed by atoms with Crippen molar-refractivity contribution in [2.45, 2.75) is 45.1 Å². The average molecular weight is 497 g/mol. The Hall–Kier alpha value is -3.50. The van der Waals surface area contributed by atoms with Crippen molar-refractivity contribution in [3.8, 4) is 0 Å². The van der Waals surface area contributed by atoms with Gasteiger partial charge in [0.25, 0.3) is 0 Å². The number of fused-ring (bicyclic) bond motifs is 3. The number of hydrogen-bond donors (Lipinski definition) is 2. The molecule has 1 unspecified atom stereocenters. The largest absolute Gasteiger partial charge is 0.408 e. The summed E-state index contributed by atoms with van der Waals surface area (Å²) in [7, 11) is 1.84. The minimum atomic E-state index is -0.875. The smallest absolute Gasteiger partial charge is 0.318 e. The van der Waals surface area contributed by atoms with Crippen LogP contribution in [0.25, 0.3) is 0 Å². The molecule has 190 valence electrons. The van der Waals surface area contributed by atoms with Crippen LogP contribution < -0.4 is 20.4 Å². The maximum atomic E-state index is 14.1. The van der Waals surface area contributed by atoms with Crippen molar-refractivity contribution in [3.05, 3.63) is 41.3 Å². The van der Waals surface area contributed by atoms with Gasteiger partial charge in [-0.05, 0) is 36.8 Å². The molecule has 0 spiro atoms. The van der Waals surface area contributed by atoms with E-state index in [4.69, 9.17) is 14.4 Å². The summed E-state index contributed by atoms with van der Waals surface area (Å²) >= 11 is 0. The first kappa shape index (κ1) is 22.9. The van der Waals surface area contributed by atoms with Crippen LogP contribution in [0.2, 0.25) is 0 Å². The average Bonchev–Trinajstić information content (AvgIpc) is 3.46. The monoisotopic (exact) mass is 496 g/mol. The molecule has 11 heteroatoms. The van der Waals surface area contributed by atoms with Crippen molar-refractivity contribution >= 4 is 29.3 Å². The highest BCUT2D eigenvalue weighted by atomic mass is 19.2. The number of aryl methyl sites for hydroxylation is 1. The second kappa shape index (κ2) is 8.28. The molecular weight excluding hydrogens is 466 g/mol. The lowest BCUT2D eigenvalue weighted by atomic mass is 9.88. The summed E-state index contributed by atoms with van der Waals surface area (Å²) in [5, 5.41) is 15.0. The van der Waals surface area contributed by atoms with Crippen LogP contribution in [0.3, 0.4) is 0 Å². The van der Waals surface area contributed by atoms with Crippen molar-refractivity contribution in [3.63, 3.8) is 0 Å². The summed E-state index contributed by atoms with van der Waals surface area (Å²) in [4.78, 5) is 13.9. The molecule has 9 nitrogen and oxygen atoms in total. The number of nitrogens with zero attached hydrogens (tertiary/aromatic N) is 6. The number of benzene rings is 1. The van der Waals surface area contributed by atoms with Gasteiger partial charge >= 0.3 is 6.01 Å². The molecule has 6 rings (SSSR count). The molecule has 2 aliphatic heterocycles. The SMILES string of the molecule is CNc1nc(NC2[C@@H]3CC[C@H]2CN(c2nnc(C)o2)C3)nc2c1C(C)(C)CN2c1ccc(F)c(F)c1. The van der Waals surface area contributed by atoms with Gasteiger partial charge in [-0.1, -0.05) is 18.9 Å². The second-order valence-electron chi connectivity index (χ2n) is 10.7. The van der Waals surface area contributed by atoms with Gasteiger partial charge in [0.05, 0.1) is 0 Å². The van der Waals surface area contributed by atoms with Crippen LogP contribution in [0.1, 0.15) is 38.1 Å². The van der Waals surface area contributed by atoms with Crippen LogP contribution in [0, 0.1) is 30.4 Å². The Morgan fingerprint density at radius 3 is 2.44 bits per heavy atom. The van der Waals surface area contributed by atoms with E-state index in [0.29, 0.717) is 47.7 Å². The Labute approximate surface area is 208 Å². The van der Waals surface area contributed by atoms with Gasteiger partial charge in [0, 0.05) is 62.4 Å². The van der Waals surface area contributed by atoms with Crippen LogP contribution in [0.5, 0.6) is 0 Å². The van der Waals surface area contributed by atoms with Crippen molar-refractivity contribution in [1.29, 1.82) is 0 Å². The number of aromatic nitrogens is 4. The fourth-order valence-corrected chi connectivity index (χ4v) is 6.11. The van der Waals surface area contributed by atoms with Gasteiger partial charge in [-0.3, -0.25) is 0 Å². The quantitative estimate of drug-likeness (QED) is 0.538. The summed E-state index contributed by atoms with van der Waals surface area (Å²) < 4.78 is 33.4. The van der Waals surface area contributed by atoms with E-state index in [-0.39, 0.29) is 11.5 Å². The molecule has 0 amide bonds. The molecule has 2 N–H and O–H groups in total. The van der Waals surface area contributed by atoms with Crippen molar-refractivity contribution in [1.82, 2.24) is 20.2 Å². The predicted octanol–water partition coefficient (Wildman–Crippen LogP) is 4.24. The third kappa shape index (κ3) is 3.72. The van der Waals surface area contributed by atoms with Gasteiger partial charge in [-0.25, -0.2) is 8.78 Å². The summed E-state index contributed by atoms with van der Waals surface area (Å²) in [6.45, 7) is 8.25. The topological polar surface area (TPSA) is 95.2 Å². The van der Waals surface area contributed by atoms with Gasteiger partial charge in [0.1, 0.15) is 11.6 Å². The fraction of sp³-hybridized carbons (Fsp3) is 0.520. The third-order valence-electron chi connectivity index (χ3n) is 7.74. The van der Waals surface area contributed by atoms with Crippen LogP contribution in [-0.4, -0.2) is 52.9 Å². The highest BCUT2D eigenvalue weighted by Gasteiger charge is 2.45. The Balaban J connectivity index is 1.31. The van der Waals surface area contributed by atoms with Gasteiger partial charge < -0.3 is 24.9 Å². The van der Waals surface area contributed by atoms with E-state index in [9.17, 15) is 8.78 Å². The van der Waals surface area contributed by atoms with Gasteiger partial charge in [0.2, 0.25) is 11.8 Å². The van der Waals surface area contributed by atoms with E-state index in [0.717, 1.165) is 43.4 Å². The number of piperidine rings is 1. The van der Waals surface area contributed by atoms with Crippen molar-refractivity contribution in [2.75, 3.05) is 47.1 Å². The Morgan fingerprint density at radius 2 is 1.81 bits per heavy atom. The molecule has 3 atom stereocenters. The lowest BCUT2D eigenvalue weighted by Crippen LogP contribution is -2.48. The molecule has 3 aromatic rings. The van der Waals surface area contributed by atoms with Crippen LogP contribution in [0.15, 0.2) is 22.6 Å². The minimum Gasteiger partial charge on any atom is -0.408 e. The standard InChI is InChI=1S/C25H30F2N8O/c1-13-32-33-24(36-13)34-10-14-5-6-15(11-34)20(14)29-23-30-21(28-4)19-22(31-23)35(12-25(19,2)3)16-7-8-17(26)18(27)9-16/h7-9,14-15,20H,5-6,10-12H2,1-4H3,(H2,28,29,30,31)/t14-,15+,20?. The Bertz CT molecular complexity index is 1300.